The largest absolute Gasteiger partial charge is 0.335 e. The maximum Gasteiger partial charge on any atom is 0.259 e. The third kappa shape index (κ3) is 3.52. The predicted octanol–water partition coefficient (Wildman–Crippen LogP) is 3.73. The van der Waals surface area contributed by atoms with Crippen LogP contribution in [0.4, 0.5) is 5.69 Å². The standard InChI is InChI=1S/C22H17N7O2/c1-13-3-5-15(6-4-13)19-11-18(20-14(2)26-31-22(20)25-19)21(30)24-16-7-9-17(10-8-16)29-12-23-27-28-29/h3-12H,1-2H3,(H,24,30). The number of benzene rings is 2. The Bertz CT molecular complexity index is 1370. The van der Waals surface area contributed by atoms with Crippen molar-refractivity contribution < 1.29 is 9.32 Å². The Kier molecular flexibility index (Phi) is 4.47. The number of nitrogens with zero attached hydrogens (tertiary/aromatic N) is 6. The number of nitrogens with one attached hydrogen (secondary N) is 1. The van der Waals surface area contributed by atoms with Crippen molar-refractivity contribution in [2.75, 3.05) is 5.32 Å². The van der Waals surface area contributed by atoms with Gasteiger partial charge in [-0.05, 0) is 54.6 Å². The first kappa shape index (κ1) is 18.6. The van der Waals surface area contributed by atoms with E-state index in [0.29, 0.717) is 33.7 Å². The van der Waals surface area contributed by atoms with Gasteiger partial charge in [-0.3, -0.25) is 4.79 Å². The minimum Gasteiger partial charge on any atom is -0.335 e. The van der Waals surface area contributed by atoms with E-state index < -0.39 is 0 Å². The highest BCUT2D eigenvalue weighted by Crippen LogP contribution is 2.28. The van der Waals surface area contributed by atoms with Crippen LogP contribution in [0.3, 0.4) is 0 Å². The topological polar surface area (TPSA) is 112 Å². The number of tetrazole rings is 1. The number of amides is 1. The summed E-state index contributed by atoms with van der Waals surface area (Å²) in [6.07, 6.45) is 1.50. The van der Waals surface area contributed by atoms with Gasteiger partial charge in [-0.15, -0.1) is 5.10 Å². The number of aryl methyl sites for hydroxylation is 2. The summed E-state index contributed by atoms with van der Waals surface area (Å²) in [6, 6.07) is 16.9. The van der Waals surface area contributed by atoms with Crippen LogP contribution in [0.5, 0.6) is 0 Å². The number of aromatic nitrogens is 6. The molecule has 0 aliphatic carbocycles. The van der Waals surface area contributed by atoms with Gasteiger partial charge in [0.15, 0.2) is 0 Å². The lowest BCUT2D eigenvalue weighted by atomic mass is 10.0. The van der Waals surface area contributed by atoms with E-state index in [0.717, 1.165) is 16.8 Å². The number of anilines is 1. The molecule has 5 rings (SSSR count). The van der Waals surface area contributed by atoms with E-state index in [4.69, 9.17) is 4.52 Å². The Morgan fingerprint density at radius 1 is 1.03 bits per heavy atom. The summed E-state index contributed by atoms with van der Waals surface area (Å²) >= 11 is 0. The average Bonchev–Trinajstić information content (AvgIpc) is 3.45. The van der Waals surface area contributed by atoms with Crippen LogP contribution in [0.25, 0.3) is 28.0 Å². The van der Waals surface area contributed by atoms with Gasteiger partial charge in [-0.2, -0.15) is 0 Å². The molecule has 0 aliphatic rings. The highest BCUT2D eigenvalue weighted by atomic mass is 16.5. The Labute approximate surface area is 176 Å². The molecule has 0 spiro atoms. The van der Waals surface area contributed by atoms with Crippen LogP contribution >= 0.6 is 0 Å². The molecule has 0 saturated carbocycles. The van der Waals surface area contributed by atoms with Crippen LogP contribution in [0.15, 0.2) is 65.4 Å². The van der Waals surface area contributed by atoms with Gasteiger partial charge in [0.25, 0.3) is 11.6 Å². The molecule has 31 heavy (non-hydrogen) atoms. The summed E-state index contributed by atoms with van der Waals surface area (Å²) in [5, 5.41) is 18.6. The van der Waals surface area contributed by atoms with Gasteiger partial charge in [0.05, 0.1) is 28.0 Å². The molecule has 1 N–H and O–H groups in total. The van der Waals surface area contributed by atoms with Gasteiger partial charge in [-0.25, -0.2) is 9.67 Å². The fraction of sp³-hybridized carbons (Fsp3) is 0.0909. The Morgan fingerprint density at radius 3 is 2.52 bits per heavy atom. The lowest BCUT2D eigenvalue weighted by molar-refractivity contribution is 0.102. The van der Waals surface area contributed by atoms with Crippen molar-refractivity contribution in [3.8, 4) is 16.9 Å². The van der Waals surface area contributed by atoms with Crippen molar-refractivity contribution in [2.45, 2.75) is 13.8 Å². The summed E-state index contributed by atoms with van der Waals surface area (Å²) in [4.78, 5) is 17.7. The van der Waals surface area contributed by atoms with Crippen molar-refractivity contribution in [3.63, 3.8) is 0 Å². The smallest absolute Gasteiger partial charge is 0.259 e. The lowest BCUT2D eigenvalue weighted by Crippen LogP contribution is -2.13. The molecule has 9 nitrogen and oxygen atoms in total. The predicted molar refractivity (Wildman–Crippen MR) is 114 cm³/mol. The van der Waals surface area contributed by atoms with E-state index in [1.165, 1.54) is 11.0 Å². The zero-order valence-electron chi connectivity index (χ0n) is 16.8. The minimum atomic E-state index is -0.276. The normalized spacial score (nSPS) is 11.0. The third-order valence-corrected chi connectivity index (χ3v) is 4.95. The number of hydrogen-bond donors (Lipinski definition) is 1. The second kappa shape index (κ2) is 7.45. The SMILES string of the molecule is Cc1ccc(-c2cc(C(=O)Nc3ccc(-n4cnnn4)cc3)c3c(C)noc3n2)cc1. The summed E-state index contributed by atoms with van der Waals surface area (Å²) in [6.45, 7) is 3.81. The van der Waals surface area contributed by atoms with Crippen molar-refractivity contribution in [2.24, 2.45) is 0 Å². The Hall–Kier alpha value is -4.40. The molecule has 3 heterocycles. The lowest BCUT2D eigenvalue weighted by Gasteiger charge is -2.09. The molecule has 3 aromatic heterocycles. The van der Waals surface area contributed by atoms with Gasteiger partial charge < -0.3 is 9.84 Å². The maximum atomic E-state index is 13.2. The maximum absolute atomic E-state index is 13.2. The number of rotatable bonds is 4. The Morgan fingerprint density at radius 2 is 1.81 bits per heavy atom. The summed E-state index contributed by atoms with van der Waals surface area (Å²) < 4.78 is 6.90. The number of hydrogen-bond acceptors (Lipinski definition) is 7. The summed E-state index contributed by atoms with van der Waals surface area (Å²) in [5.74, 6) is -0.276. The average molecular weight is 411 g/mol. The highest BCUT2D eigenvalue weighted by Gasteiger charge is 2.19. The van der Waals surface area contributed by atoms with Gasteiger partial charge in [0.2, 0.25) is 0 Å². The summed E-state index contributed by atoms with van der Waals surface area (Å²) in [7, 11) is 0. The number of carbonyl (C=O) groups excluding carboxylic acids is 1. The van der Waals surface area contributed by atoms with Gasteiger partial charge in [0.1, 0.15) is 6.33 Å². The zero-order chi connectivity index (χ0) is 21.4. The monoisotopic (exact) mass is 411 g/mol. The molecular weight excluding hydrogens is 394 g/mol. The van der Waals surface area contributed by atoms with Crippen LogP contribution in [0.2, 0.25) is 0 Å². The minimum absolute atomic E-state index is 0.276. The highest BCUT2D eigenvalue weighted by molar-refractivity contribution is 6.13. The molecule has 5 aromatic rings. The van der Waals surface area contributed by atoms with E-state index in [2.05, 4.69) is 31.0 Å². The number of fused-ring (bicyclic) bond motifs is 1. The van der Waals surface area contributed by atoms with Crippen molar-refractivity contribution in [3.05, 3.63) is 77.7 Å². The van der Waals surface area contributed by atoms with Crippen LogP contribution < -0.4 is 5.32 Å². The molecule has 0 radical (unpaired) electrons. The quantitative estimate of drug-likeness (QED) is 0.479. The fourth-order valence-corrected chi connectivity index (χ4v) is 3.32. The van der Waals surface area contributed by atoms with Crippen molar-refractivity contribution >= 4 is 22.7 Å². The Balaban J connectivity index is 1.50. The van der Waals surface area contributed by atoms with Crippen molar-refractivity contribution in [1.29, 1.82) is 0 Å². The first-order valence-electron chi connectivity index (χ1n) is 9.57. The molecule has 0 atom stereocenters. The van der Waals surface area contributed by atoms with E-state index in [1.54, 1.807) is 25.1 Å². The summed E-state index contributed by atoms with van der Waals surface area (Å²) in [5.41, 5.74) is 5.48. The molecule has 1 amide bonds. The third-order valence-electron chi connectivity index (χ3n) is 4.95. The van der Waals surface area contributed by atoms with Crippen LogP contribution in [-0.4, -0.2) is 36.3 Å². The van der Waals surface area contributed by atoms with Crippen LogP contribution in [0.1, 0.15) is 21.6 Å². The molecule has 2 aromatic carbocycles. The molecule has 9 heteroatoms. The molecule has 0 saturated heterocycles. The molecule has 0 aliphatic heterocycles. The fourth-order valence-electron chi connectivity index (χ4n) is 3.32. The molecule has 152 valence electrons. The molecule has 0 unspecified atom stereocenters. The van der Waals surface area contributed by atoms with E-state index in [9.17, 15) is 4.79 Å². The molecule has 0 fully saturated rings. The van der Waals surface area contributed by atoms with Gasteiger partial charge in [0, 0.05) is 11.3 Å². The zero-order valence-corrected chi connectivity index (χ0v) is 16.8. The first-order chi connectivity index (χ1) is 15.1. The number of carbonyl (C=O) groups is 1. The first-order valence-corrected chi connectivity index (χ1v) is 9.57. The van der Waals surface area contributed by atoms with Crippen molar-refractivity contribution in [1.82, 2.24) is 30.3 Å². The van der Waals surface area contributed by atoms with Gasteiger partial charge in [-0.1, -0.05) is 35.0 Å². The van der Waals surface area contributed by atoms with Gasteiger partial charge >= 0.3 is 0 Å². The molecule has 0 bridgehead atoms. The number of pyridine rings is 1. The molecular formula is C22H17N7O2. The second-order valence-corrected chi connectivity index (χ2v) is 7.12. The van der Waals surface area contributed by atoms with E-state index in [-0.39, 0.29) is 5.91 Å². The van der Waals surface area contributed by atoms with Crippen LogP contribution in [0, 0.1) is 13.8 Å². The van der Waals surface area contributed by atoms with E-state index >= 15 is 0 Å². The second-order valence-electron chi connectivity index (χ2n) is 7.12. The van der Waals surface area contributed by atoms with E-state index in [1.807, 2.05) is 43.3 Å². The van der Waals surface area contributed by atoms with Crippen LogP contribution in [-0.2, 0) is 0 Å².